The Morgan fingerprint density at radius 1 is 0.895 bits per heavy atom. The minimum absolute atomic E-state index is 0.212. The number of fused-ring (bicyclic) bond motifs is 1. The molecule has 0 aromatic heterocycles. The van der Waals surface area contributed by atoms with Gasteiger partial charge in [-0.2, -0.15) is 0 Å². The maximum absolute atomic E-state index is 5.48. The summed E-state index contributed by atoms with van der Waals surface area (Å²) in [6.45, 7) is 0.443. The van der Waals surface area contributed by atoms with Crippen molar-refractivity contribution >= 4 is 26.7 Å². The average Bonchev–Trinajstić information content (AvgIpc) is 2.43. The van der Waals surface area contributed by atoms with E-state index in [0.29, 0.717) is 0 Å². The summed E-state index contributed by atoms with van der Waals surface area (Å²) in [5.41, 5.74) is 0. The van der Waals surface area contributed by atoms with E-state index in [1.807, 2.05) is 30.3 Å². The highest BCUT2D eigenvalue weighted by molar-refractivity contribution is 9.10. The monoisotopic (exact) mass is 326 g/mol. The number of hydrogen-bond donors (Lipinski definition) is 0. The molecule has 0 spiro atoms. The molecule has 19 heavy (non-hydrogen) atoms. The smallest absolute Gasteiger partial charge is 0.188 e. The Hall–Kier alpha value is -1.30. The molecule has 2 aromatic carbocycles. The highest BCUT2D eigenvalue weighted by Gasteiger charge is 2.05. The summed E-state index contributed by atoms with van der Waals surface area (Å²) >= 11 is 3.48. The standard InChI is InChI=1S/C14H15BrO4/c1-16-8-18-12-4-3-10-6-13(15)14(19-9-17-2)7-11(10)5-12/h3-7H,8-9H2,1-2H3. The van der Waals surface area contributed by atoms with Crippen LogP contribution in [0.1, 0.15) is 0 Å². The van der Waals surface area contributed by atoms with Crippen molar-refractivity contribution in [2.75, 3.05) is 27.8 Å². The molecule has 2 rings (SSSR count). The van der Waals surface area contributed by atoms with Gasteiger partial charge in [0, 0.05) is 14.2 Å². The van der Waals surface area contributed by atoms with Crippen LogP contribution in [0, 0.1) is 0 Å². The second kappa shape index (κ2) is 6.75. The van der Waals surface area contributed by atoms with Gasteiger partial charge in [-0.1, -0.05) is 6.07 Å². The zero-order valence-corrected chi connectivity index (χ0v) is 12.4. The quantitative estimate of drug-likeness (QED) is 0.760. The van der Waals surface area contributed by atoms with Crippen LogP contribution in [0.25, 0.3) is 10.8 Å². The SMILES string of the molecule is COCOc1ccc2cc(Br)c(OCOC)cc2c1. The Bertz CT molecular complexity index is 556. The van der Waals surface area contributed by atoms with Crippen molar-refractivity contribution in [3.05, 3.63) is 34.8 Å². The first-order valence-electron chi connectivity index (χ1n) is 5.71. The fraction of sp³-hybridized carbons (Fsp3) is 0.286. The van der Waals surface area contributed by atoms with E-state index in [1.165, 1.54) is 0 Å². The third-order valence-corrected chi connectivity index (χ3v) is 3.16. The lowest BCUT2D eigenvalue weighted by molar-refractivity contribution is 0.0506. The van der Waals surface area contributed by atoms with Gasteiger partial charge in [-0.15, -0.1) is 0 Å². The largest absolute Gasteiger partial charge is 0.468 e. The summed E-state index contributed by atoms with van der Waals surface area (Å²) in [6.07, 6.45) is 0. The molecule has 0 aliphatic rings. The fourth-order valence-corrected chi connectivity index (χ4v) is 2.15. The Balaban J connectivity index is 2.31. The van der Waals surface area contributed by atoms with E-state index >= 15 is 0 Å². The number of rotatable bonds is 6. The number of halogens is 1. The second-order valence-corrected chi connectivity index (χ2v) is 4.75. The molecule has 0 aliphatic heterocycles. The van der Waals surface area contributed by atoms with Gasteiger partial charge < -0.3 is 18.9 Å². The molecule has 0 saturated heterocycles. The lowest BCUT2D eigenvalue weighted by atomic mass is 10.1. The van der Waals surface area contributed by atoms with Crippen LogP contribution in [-0.4, -0.2) is 27.8 Å². The van der Waals surface area contributed by atoms with Crippen molar-refractivity contribution in [2.24, 2.45) is 0 Å². The Labute approximate surface area is 120 Å². The van der Waals surface area contributed by atoms with Gasteiger partial charge in [-0.3, -0.25) is 0 Å². The van der Waals surface area contributed by atoms with Crippen LogP contribution in [0.4, 0.5) is 0 Å². The first kappa shape index (κ1) is 14.1. The van der Waals surface area contributed by atoms with Crippen molar-refractivity contribution in [2.45, 2.75) is 0 Å². The lowest BCUT2D eigenvalue weighted by Crippen LogP contribution is -2.00. The van der Waals surface area contributed by atoms with Gasteiger partial charge in [-0.05, 0) is 51.0 Å². The highest BCUT2D eigenvalue weighted by Crippen LogP contribution is 2.32. The maximum Gasteiger partial charge on any atom is 0.188 e. The number of methoxy groups -OCH3 is 2. The van der Waals surface area contributed by atoms with Gasteiger partial charge in [-0.25, -0.2) is 0 Å². The predicted molar refractivity (Wildman–Crippen MR) is 76.7 cm³/mol. The first-order chi connectivity index (χ1) is 9.24. The number of hydrogen-bond acceptors (Lipinski definition) is 4. The summed E-state index contributed by atoms with van der Waals surface area (Å²) in [7, 11) is 3.18. The van der Waals surface area contributed by atoms with E-state index in [2.05, 4.69) is 15.9 Å². The summed E-state index contributed by atoms with van der Waals surface area (Å²) in [4.78, 5) is 0. The lowest BCUT2D eigenvalue weighted by Gasteiger charge is -2.10. The zero-order chi connectivity index (χ0) is 13.7. The third-order valence-electron chi connectivity index (χ3n) is 2.54. The highest BCUT2D eigenvalue weighted by atomic mass is 79.9. The zero-order valence-electron chi connectivity index (χ0n) is 10.8. The van der Waals surface area contributed by atoms with Crippen LogP contribution in [-0.2, 0) is 9.47 Å². The first-order valence-corrected chi connectivity index (χ1v) is 6.50. The van der Waals surface area contributed by atoms with Crippen molar-refractivity contribution in [3.8, 4) is 11.5 Å². The number of ether oxygens (including phenoxy) is 4. The minimum atomic E-state index is 0.212. The average molecular weight is 327 g/mol. The van der Waals surface area contributed by atoms with Crippen molar-refractivity contribution in [3.63, 3.8) is 0 Å². The molecular formula is C14H15BrO4. The fourth-order valence-electron chi connectivity index (χ4n) is 1.68. The van der Waals surface area contributed by atoms with Gasteiger partial charge in [0.2, 0.25) is 0 Å². The minimum Gasteiger partial charge on any atom is -0.468 e. The maximum atomic E-state index is 5.48. The van der Waals surface area contributed by atoms with Gasteiger partial charge in [0.05, 0.1) is 4.47 Å². The second-order valence-electron chi connectivity index (χ2n) is 3.89. The summed E-state index contributed by atoms with van der Waals surface area (Å²) < 4.78 is 21.6. The number of benzene rings is 2. The topological polar surface area (TPSA) is 36.9 Å². The molecular weight excluding hydrogens is 312 g/mol. The van der Waals surface area contributed by atoms with E-state index in [4.69, 9.17) is 18.9 Å². The van der Waals surface area contributed by atoms with Crippen LogP contribution in [0.3, 0.4) is 0 Å². The van der Waals surface area contributed by atoms with Crippen molar-refractivity contribution in [1.82, 2.24) is 0 Å². The van der Waals surface area contributed by atoms with E-state index in [0.717, 1.165) is 26.7 Å². The van der Waals surface area contributed by atoms with E-state index in [9.17, 15) is 0 Å². The predicted octanol–water partition coefficient (Wildman–Crippen LogP) is 3.57. The van der Waals surface area contributed by atoms with Crippen LogP contribution < -0.4 is 9.47 Å². The van der Waals surface area contributed by atoms with E-state index in [-0.39, 0.29) is 13.6 Å². The van der Waals surface area contributed by atoms with Gasteiger partial charge in [0.25, 0.3) is 0 Å². The van der Waals surface area contributed by atoms with E-state index < -0.39 is 0 Å². The molecule has 0 atom stereocenters. The molecule has 0 N–H and O–H groups in total. The van der Waals surface area contributed by atoms with Crippen molar-refractivity contribution < 1.29 is 18.9 Å². The summed E-state index contributed by atoms with van der Waals surface area (Å²) in [5.74, 6) is 1.49. The van der Waals surface area contributed by atoms with Crippen LogP contribution in [0.5, 0.6) is 11.5 Å². The Morgan fingerprint density at radius 3 is 2.37 bits per heavy atom. The molecule has 2 aromatic rings. The molecule has 0 bridgehead atoms. The summed E-state index contributed by atoms with van der Waals surface area (Å²) in [5, 5.41) is 2.13. The summed E-state index contributed by atoms with van der Waals surface area (Å²) in [6, 6.07) is 9.79. The molecule has 0 saturated carbocycles. The molecule has 0 radical (unpaired) electrons. The molecule has 0 unspecified atom stereocenters. The molecule has 5 heteroatoms. The van der Waals surface area contributed by atoms with Gasteiger partial charge >= 0.3 is 0 Å². The Kier molecular flexibility index (Phi) is 5.01. The van der Waals surface area contributed by atoms with Crippen molar-refractivity contribution in [1.29, 1.82) is 0 Å². The molecule has 0 fully saturated rings. The Morgan fingerprint density at radius 2 is 1.63 bits per heavy atom. The molecule has 0 aliphatic carbocycles. The van der Waals surface area contributed by atoms with Crippen LogP contribution >= 0.6 is 15.9 Å². The molecule has 0 amide bonds. The molecule has 102 valence electrons. The molecule has 4 nitrogen and oxygen atoms in total. The van der Waals surface area contributed by atoms with Crippen LogP contribution in [0.15, 0.2) is 34.8 Å². The van der Waals surface area contributed by atoms with E-state index in [1.54, 1.807) is 14.2 Å². The van der Waals surface area contributed by atoms with Gasteiger partial charge in [0.1, 0.15) is 11.5 Å². The normalized spacial score (nSPS) is 10.7. The molecule has 0 heterocycles. The van der Waals surface area contributed by atoms with Crippen LogP contribution in [0.2, 0.25) is 0 Å². The third kappa shape index (κ3) is 3.59. The van der Waals surface area contributed by atoms with Gasteiger partial charge in [0.15, 0.2) is 13.6 Å².